The van der Waals surface area contributed by atoms with Gasteiger partial charge in [-0.1, -0.05) is 12.1 Å². The monoisotopic (exact) mass is 303 g/mol. The molecule has 0 amide bonds. The fourth-order valence-electron chi connectivity index (χ4n) is 1.66. The molecule has 1 heterocycles. The Morgan fingerprint density at radius 1 is 1.15 bits per heavy atom. The lowest BCUT2D eigenvalue weighted by molar-refractivity contribution is -0.137. The molecule has 0 radical (unpaired) electrons. The maximum absolute atomic E-state index is 12.6. The third kappa shape index (κ3) is 3.91. The SMILES string of the molecule is Cl.NCCc1nccc(-c2cccc(C(F)(F)F)c2)n1. The third-order valence-electron chi connectivity index (χ3n) is 2.56. The first-order valence-electron chi connectivity index (χ1n) is 5.70. The molecule has 0 bridgehead atoms. The number of nitrogens with zero attached hydrogens (tertiary/aromatic N) is 2. The average molecular weight is 304 g/mol. The Morgan fingerprint density at radius 2 is 1.90 bits per heavy atom. The van der Waals surface area contributed by atoms with Crippen LogP contribution >= 0.6 is 12.4 Å². The van der Waals surface area contributed by atoms with Crippen LogP contribution in [0.25, 0.3) is 11.3 Å². The van der Waals surface area contributed by atoms with E-state index in [4.69, 9.17) is 5.73 Å². The van der Waals surface area contributed by atoms with Crippen LogP contribution in [0.5, 0.6) is 0 Å². The van der Waals surface area contributed by atoms with Crippen molar-refractivity contribution < 1.29 is 13.2 Å². The molecule has 108 valence electrons. The molecular formula is C13H13ClF3N3. The van der Waals surface area contributed by atoms with Crippen LogP contribution in [0.15, 0.2) is 36.5 Å². The predicted octanol–water partition coefficient (Wildman–Crippen LogP) is 3.09. The summed E-state index contributed by atoms with van der Waals surface area (Å²) in [6, 6.07) is 6.64. The van der Waals surface area contributed by atoms with E-state index in [1.807, 2.05) is 0 Å². The second-order valence-electron chi connectivity index (χ2n) is 3.98. The molecule has 0 aliphatic rings. The largest absolute Gasteiger partial charge is 0.416 e. The number of alkyl halides is 3. The minimum absolute atomic E-state index is 0. The molecular weight excluding hydrogens is 291 g/mol. The summed E-state index contributed by atoms with van der Waals surface area (Å²) in [5, 5.41) is 0. The molecule has 0 aliphatic carbocycles. The van der Waals surface area contributed by atoms with Gasteiger partial charge in [-0.2, -0.15) is 13.2 Å². The normalized spacial score (nSPS) is 11.0. The van der Waals surface area contributed by atoms with Crippen LogP contribution in [-0.2, 0) is 12.6 Å². The van der Waals surface area contributed by atoms with Gasteiger partial charge in [-0.3, -0.25) is 0 Å². The van der Waals surface area contributed by atoms with Gasteiger partial charge in [-0.05, 0) is 24.7 Å². The van der Waals surface area contributed by atoms with E-state index in [2.05, 4.69) is 9.97 Å². The smallest absolute Gasteiger partial charge is 0.330 e. The molecule has 2 rings (SSSR count). The fourth-order valence-corrected chi connectivity index (χ4v) is 1.66. The number of rotatable bonds is 3. The number of hydrogen-bond donors (Lipinski definition) is 1. The zero-order valence-corrected chi connectivity index (χ0v) is 11.2. The van der Waals surface area contributed by atoms with Gasteiger partial charge >= 0.3 is 6.18 Å². The van der Waals surface area contributed by atoms with E-state index in [1.165, 1.54) is 12.3 Å². The van der Waals surface area contributed by atoms with E-state index in [0.29, 0.717) is 30.0 Å². The Balaban J connectivity index is 0.00000200. The number of benzene rings is 1. The minimum atomic E-state index is -4.36. The van der Waals surface area contributed by atoms with Crippen LogP contribution in [0.1, 0.15) is 11.4 Å². The average Bonchev–Trinajstić information content (AvgIpc) is 2.39. The zero-order chi connectivity index (χ0) is 13.9. The summed E-state index contributed by atoms with van der Waals surface area (Å²) in [4.78, 5) is 8.21. The van der Waals surface area contributed by atoms with Crippen LogP contribution in [0.3, 0.4) is 0 Å². The third-order valence-corrected chi connectivity index (χ3v) is 2.56. The van der Waals surface area contributed by atoms with Crippen molar-refractivity contribution >= 4 is 12.4 Å². The second kappa shape index (κ2) is 6.67. The highest BCUT2D eigenvalue weighted by atomic mass is 35.5. The Hall–Kier alpha value is -1.66. The standard InChI is InChI=1S/C13H12F3N3.ClH/c14-13(15,16)10-3-1-2-9(8-10)11-5-7-18-12(19-11)4-6-17;/h1-3,5,7-8H,4,6,17H2;1H. The molecule has 20 heavy (non-hydrogen) atoms. The van der Waals surface area contributed by atoms with Crippen LogP contribution in [0.4, 0.5) is 13.2 Å². The summed E-state index contributed by atoms with van der Waals surface area (Å²) in [7, 11) is 0. The lowest BCUT2D eigenvalue weighted by atomic mass is 10.1. The van der Waals surface area contributed by atoms with Gasteiger partial charge < -0.3 is 5.73 Å². The Labute approximate surface area is 120 Å². The number of aromatic nitrogens is 2. The first-order valence-corrected chi connectivity index (χ1v) is 5.70. The Bertz CT molecular complexity index is 573. The van der Waals surface area contributed by atoms with Crippen molar-refractivity contribution in [1.29, 1.82) is 0 Å². The molecule has 1 aromatic heterocycles. The number of hydrogen-bond acceptors (Lipinski definition) is 3. The molecule has 0 aliphatic heterocycles. The lowest BCUT2D eigenvalue weighted by Crippen LogP contribution is -2.07. The van der Waals surface area contributed by atoms with Crippen LogP contribution in [0.2, 0.25) is 0 Å². The summed E-state index contributed by atoms with van der Waals surface area (Å²) in [6.07, 6.45) is -2.34. The first-order chi connectivity index (χ1) is 9.00. The van der Waals surface area contributed by atoms with Crippen molar-refractivity contribution in [3.8, 4) is 11.3 Å². The molecule has 0 atom stereocenters. The fraction of sp³-hybridized carbons (Fsp3) is 0.231. The maximum Gasteiger partial charge on any atom is 0.416 e. The van der Waals surface area contributed by atoms with Crippen molar-refractivity contribution in [1.82, 2.24) is 9.97 Å². The molecule has 1 aromatic carbocycles. The van der Waals surface area contributed by atoms with Gasteiger partial charge in [-0.25, -0.2) is 9.97 Å². The lowest BCUT2D eigenvalue weighted by Gasteiger charge is -2.08. The van der Waals surface area contributed by atoms with Gasteiger partial charge in [0.1, 0.15) is 5.82 Å². The highest BCUT2D eigenvalue weighted by Gasteiger charge is 2.30. The number of halogens is 4. The predicted molar refractivity (Wildman–Crippen MR) is 72.5 cm³/mol. The van der Waals surface area contributed by atoms with Gasteiger partial charge in [0.15, 0.2) is 0 Å². The maximum atomic E-state index is 12.6. The first kappa shape index (κ1) is 16.4. The topological polar surface area (TPSA) is 51.8 Å². The highest BCUT2D eigenvalue weighted by molar-refractivity contribution is 5.85. The van der Waals surface area contributed by atoms with Gasteiger partial charge in [-0.15, -0.1) is 12.4 Å². The van der Waals surface area contributed by atoms with Gasteiger partial charge in [0.05, 0.1) is 11.3 Å². The van der Waals surface area contributed by atoms with E-state index in [1.54, 1.807) is 12.1 Å². The number of nitrogens with two attached hydrogens (primary N) is 1. The van der Waals surface area contributed by atoms with Crippen LogP contribution in [0, 0.1) is 0 Å². The van der Waals surface area contributed by atoms with Gasteiger partial charge in [0.25, 0.3) is 0 Å². The summed E-state index contributed by atoms with van der Waals surface area (Å²) >= 11 is 0. The summed E-state index contributed by atoms with van der Waals surface area (Å²) in [5.41, 5.74) is 5.59. The molecule has 0 saturated carbocycles. The molecule has 0 unspecified atom stereocenters. The molecule has 0 saturated heterocycles. The summed E-state index contributed by atoms with van der Waals surface area (Å²) in [5.74, 6) is 0.525. The minimum Gasteiger partial charge on any atom is -0.330 e. The molecule has 7 heteroatoms. The van der Waals surface area contributed by atoms with E-state index in [0.717, 1.165) is 12.1 Å². The van der Waals surface area contributed by atoms with E-state index in [9.17, 15) is 13.2 Å². The van der Waals surface area contributed by atoms with Gasteiger partial charge in [0.2, 0.25) is 0 Å². The van der Waals surface area contributed by atoms with Crippen molar-refractivity contribution in [3.63, 3.8) is 0 Å². The van der Waals surface area contributed by atoms with Gasteiger partial charge in [0, 0.05) is 18.2 Å². The zero-order valence-electron chi connectivity index (χ0n) is 10.4. The van der Waals surface area contributed by atoms with E-state index >= 15 is 0 Å². The van der Waals surface area contributed by atoms with Crippen molar-refractivity contribution in [3.05, 3.63) is 47.9 Å². The van der Waals surface area contributed by atoms with Crippen molar-refractivity contribution in [2.24, 2.45) is 5.73 Å². The highest BCUT2D eigenvalue weighted by Crippen LogP contribution is 2.31. The van der Waals surface area contributed by atoms with Crippen LogP contribution in [-0.4, -0.2) is 16.5 Å². The molecule has 2 aromatic rings. The van der Waals surface area contributed by atoms with Crippen molar-refractivity contribution in [2.75, 3.05) is 6.54 Å². The Kier molecular flexibility index (Phi) is 5.47. The quantitative estimate of drug-likeness (QED) is 0.948. The summed E-state index contributed by atoms with van der Waals surface area (Å²) < 4.78 is 37.9. The Morgan fingerprint density at radius 3 is 2.55 bits per heavy atom. The molecule has 0 fully saturated rings. The molecule has 3 nitrogen and oxygen atoms in total. The van der Waals surface area contributed by atoms with Crippen LogP contribution < -0.4 is 5.73 Å². The van der Waals surface area contributed by atoms with E-state index in [-0.39, 0.29) is 12.4 Å². The molecule has 2 N–H and O–H groups in total. The molecule has 0 spiro atoms. The summed E-state index contributed by atoms with van der Waals surface area (Å²) in [6.45, 7) is 0.395. The van der Waals surface area contributed by atoms with Crippen molar-refractivity contribution in [2.45, 2.75) is 12.6 Å². The second-order valence-corrected chi connectivity index (χ2v) is 3.98. The van der Waals surface area contributed by atoms with E-state index < -0.39 is 11.7 Å².